The first-order valence-corrected chi connectivity index (χ1v) is 5.73. The molecule has 1 aromatic carbocycles. The maximum absolute atomic E-state index is 4.28. The number of aromatic nitrogens is 4. The predicted molar refractivity (Wildman–Crippen MR) is 70.1 cm³/mol. The Hall–Kier alpha value is -2.43. The van der Waals surface area contributed by atoms with Gasteiger partial charge in [0.05, 0.1) is 17.2 Å². The lowest BCUT2D eigenvalue weighted by Gasteiger charge is -2.05. The Morgan fingerprint density at radius 2 is 2.00 bits per heavy atom. The molecule has 3 aromatic rings. The molecule has 90 valence electrons. The van der Waals surface area contributed by atoms with Crippen molar-refractivity contribution in [2.75, 3.05) is 5.32 Å². The van der Waals surface area contributed by atoms with Crippen molar-refractivity contribution in [1.29, 1.82) is 0 Å². The van der Waals surface area contributed by atoms with Crippen molar-refractivity contribution >= 4 is 16.7 Å². The minimum atomic E-state index is 0.750. The van der Waals surface area contributed by atoms with Crippen LogP contribution in [0.25, 0.3) is 11.0 Å². The van der Waals surface area contributed by atoms with Crippen LogP contribution in [0.2, 0.25) is 0 Å². The Balaban J connectivity index is 1.78. The first-order chi connectivity index (χ1) is 8.81. The summed E-state index contributed by atoms with van der Waals surface area (Å²) in [6.45, 7) is 0.750. The van der Waals surface area contributed by atoms with E-state index in [2.05, 4.69) is 20.4 Å². The van der Waals surface area contributed by atoms with E-state index in [9.17, 15) is 0 Å². The van der Waals surface area contributed by atoms with E-state index in [1.54, 1.807) is 17.1 Å². The first kappa shape index (κ1) is 10.7. The number of fused-ring (bicyclic) bond motifs is 1. The standard InChI is InChI=1S/C13H13N5/c1-18-9-10(8-17-18)7-16-11-2-3-12-13(6-11)15-5-4-14-12/h2-6,8-9,16H,7H2,1H3. The highest BCUT2D eigenvalue weighted by atomic mass is 15.2. The molecule has 0 bridgehead atoms. The highest BCUT2D eigenvalue weighted by Gasteiger charge is 1.99. The fraction of sp³-hybridized carbons (Fsp3) is 0.154. The van der Waals surface area contributed by atoms with E-state index in [4.69, 9.17) is 0 Å². The second-order valence-corrected chi connectivity index (χ2v) is 4.14. The summed E-state index contributed by atoms with van der Waals surface area (Å²) in [7, 11) is 1.91. The molecule has 2 heterocycles. The summed E-state index contributed by atoms with van der Waals surface area (Å²) < 4.78 is 1.79. The summed E-state index contributed by atoms with van der Waals surface area (Å²) in [5, 5.41) is 7.48. The van der Waals surface area contributed by atoms with Gasteiger partial charge in [-0.2, -0.15) is 5.10 Å². The highest BCUT2D eigenvalue weighted by molar-refractivity contribution is 5.78. The molecule has 1 N–H and O–H groups in total. The molecule has 0 aliphatic rings. The molecule has 5 heteroatoms. The van der Waals surface area contributed by atoms with E-state index in [1.165, 1.54) is 0 Å². The van der Waals surface area contributed by atoms with Gasteiger partial charge in [-0.15, -0.1) is 0 Å². The highest BCUT2D eigenvalue weighted by Crippen LogP contribution is 2.15. The molecular formula is C13H13N5. The summed E-state index contributed by atoms with van der Waals surface area (Å²) in [6.07, 6.45) is 7.25. The van der Waals surface area contributed by atoms with Crippen molar-refractivity contribution in [1.82, 2.24) is 19.7 Å². The van der Waals surface area contributed by atoms with Crippen LogP contribution in [-0.4, -0.2) is 19.7 Å². The topological polar surface area (TPSA) is 55.6 Å². The number of aryl methyl sites for hydroxylation is 1. The third kappa shape index (κ3) is 2.15. The van der Waals surface area contributed by atoms with Gasteiger partial charge in [-0.1, -0.05) is 0 Å². The van der Waals surface area contributed by atoms with Crippen molar-refractivity contribution in [2.24, 2.45) is 7.05 Å². The molecule has 0 saturated carbocycles. The lowest BCUT2D eigenvalue weighted by Crippen LogP contribution is -1.98. The van der Waals surface area contributed by atoms with Gasteiger partial charge >= 0.3 is 0 Å². The lowest BCUT2D eigenvalue weighted by molar-refractivity contribution is 0.767. The van der Waals surface area contributed by atoms with Gasteiger partial charge in [-0.25, -0.2) is 0 Å². The molecule has 2 aromatic heterocycles. The summed E-state index contributed by atoms with van der Waals surface area (Å²) in [6, 6.07) is 5.97. The zero-order valence-electron chi connectivity index (χ0n) is 10.0. The second-order valence-electron chi connectivity index (χ2n) is 4.14. The third-order valence-corrected chi connectivity index (χ3v) is 2.72. The lowest BCUT2D eigenvalue weighted by atomic mass is 10.2. The van der Waals surface area contributed by atoms with Crippen LogP contribution in [0.5, 0.6) is 0 Å². The molecule has 0 unspecified atom stereocenters. The average Bonchev–Trinajstić information content (AvgIpc) is 2.82. The van der Waals surface area contributed by atoms with E-state index in [0.29, 0.717) is 0 Å². The molecule has 0 atom stereocenters. The van der Waals surface area contributed by atoms with E-state index >= 15 is 0 Å². The van der Waals surface area contributed by atoms with Gasteiger partial charge < -0.3 is 5.32 Å². The van der Waals surface area contributed by atoms with Gasteiger partial charge in [0, 0.05) is 43.4 Å². The summed E-state index contributed by atoms with van der Waals surface area (Å²) in [5.41, 5.74) is 3.99. The summed E-state index contributed by atoms with van der Waals surface area (Å²) in [5.74, 6) is 0. The number of hydrogen-bond donors (Lipinski definition) is 1. The van der Waals surface area contributed by atoms with Crippen molar-refractivity contribution < 1.29 is 0 Å². The van der Waals surface area contributed by atoms with Crippen LogP contribution in [0.15, 0.2) is 43.0 Å². The maximum atomic E-state index is 4.28. The van der Waals surface area contributed by atoms with Gasteiger partial charge in [0.1, 0.15) is 0 Å². The zero-order valence-corrected chi connectivity index (χ0v) is 10.0. The van der Waals surface area contributed by atoms with Crippen molar-refractivity contribution in [2.45, 2.75) is 6.54 Å². The van der Waals surface area contributed by atoms with Crippen molar-refractivity contribution in [3.63, 3.8) is 0 Å². The molecule has 3 rings (SSSR count). The normalized spacial score (nSPS) is 10.7. The average molecular weight is 239 g/mol. The van der Waals surface area contributed by atoms with Crippen LogP contribution in [-0.2, 0) is 13.6 Å². The van der Waals surface area contributed by atoms with Gasteiger partial charge in [0.15, 0.2) is 0 Å². The maximum Gasteiger partial charge on any atom is 0.0907 e. The van der Waals surface area contributed by atoms with E-state index in [0.717, 1.165) is 28.8 Å². The van der Waals surface area contributed by atoms with E-state index in [1.807, 2.05) is 37.6 Å². The molecule has 0 saturated heterocycles. The number of nitrogens with zero attached hydrogens (tertiary/aromatic N) is 4. The molecule has 0 aliphatic carbocycles. The molecule has 0 radical (unpaired) electrons. The Morgan fingerprint density at radius 1 is 1.17 bits per heavy atom. The first-order valence-electron chi connectivity index (χ1n) is 5.73. The Labute approximate surface area is 104 Å². The molecule has 0 amide bonds. The molecule has 0 fully saturated rings. The summed E-state index contributed by atoms with van der Waals surface area (Å²) >= 11 is 0. The third-order valence-electron chi connectivity index (χ3n) is 2.72. The summed E-state index contributed by atoms with van der Waals surface area (Å²) in [4.78, 5) is 8.52. The fourth-order valence-electron chi connectivity index (χ4n) is 1.84. The van der Waals surface area contributed by atoms with Crippen molar-refractivity contribution in [3.8, 4) is 0 Å². The van der Waals surface area contributed by atoms with Gasteiger partial charge in [0.25, 0.3) is 0 Å². The number of hydrogen-bond acceptors (Lipinski definition) is 4. The predicted octanol–water partition coefficient (Wildman–Crippen LogP) is 1.98. The van der Waals surface area contributed by atoms with Crippen LogP contribution >= 0.6 is 0 Å². The number of benzene rings is 1. The van der Waals surface area contributed by atoms with Crippen LogP contribution in [0.1, 0.15) is 5.56 Å². The Morgan fingerprint density at radius 3 is 2.78 bits per heavy atom. The van der Waals surface area contributed by atoms with Gasteiger partial charge in [-0.3, -0.25) is 14.6 Å². The van der Waals surface area contributed by atoms with Crippen LogP contribution in [0, 0.1) is 0 Å². The smallest absolute Gasteiger partial charge is 0.0907 e. The van der Waals surface area contributed by atoms with Gasteiger partial charge in [-0.05, 0) is 18.2 Å². The van der Waals surface area contributed by atoms with Crippen LogP contribution in [0.3, 0.4) is 0 Å². The molecular weight excluding hydrogens is 226 g/mol. The number of rotatable bonds is 3. The monoisotopic (exact) mass is 239 g/mol. The Bertz CT molecular complexity index is 674. The largest absolute Gasteiger partial charge is 0.381 e. The van der Waals surface area contributed by atoms with E-state index < -0.39 is 0 Å². The van der Waals surface area contributed by atoms with Gasteiger partial charge in [0.2, 0.25) is 0 Å². The van der Waals surface area contributed by atoms with E-state index in [-0.39, 0.29) is 0 Å². The minimum Gasteiger partial charge on any atom is -0.381 e. The van der Waals surface area contributed by atoms with Crippen LogP contribution in [0.4, 0.5) is 5.69 Å². The molecule has 5 nitrogen and oxygen atoms in total. The minimum absolute atomic E-state index is 0.750. The molecule has 18 heavy (non-hydrogen) atoms. The number of anilines is 1. The quantitative estimate of drug-likeness (QED) is 0.759. The molecule has 0 aliphatic heterocycles. The fourth-order valence-corrected chi connectivity index (χ4v) is 1.84. The SMILES string of the molecule is Cn1cc(CNc2ccc3nccnc3c2)cn1. The number of nitrogens with one attached hydrogen (secondary N) is 1. The van der Waals surface area contributed by atoms with Crippen LogP contribution < -0.4 is 5.32 Å². The van der Waals surface area contributed by atoms with Crippen molar-refractivity contribution in [3.05, 3.63) is 48.5 Å². The second kappa shape index (κ2) is 4.44. The Kier molecular flexibility index (Phi) is 2.64. The molecule has 0 spiro atoms. The zero-order chi connectivity index (χ0) is 12.4.